The maximum Gasteiger partial charge on any atom is 0.308 e. The van der Waals surface area contributed by atoms with Gasteiger partial charge in [0.15, 0.2) is 0 Å². The Morgan fingerprint density at radius 1 is 1.42 bits per heavy atom. The van der Waals surface area contributed by atoms with E-state index in [4.69, 9.17) is 5.11 Å². The van der Waals surface area contributed by atoms with E-state index in [1.54, 1.807) is 13.0 Å². The summed E-state index contributed by atoms with van der Waals surface area (Å²) in [4.78, 5) is 22.6. The molecule has 0 radical (unpaired) electrons. The molecule has 1 aromatic rings. The number of rotatable bonds is 4. The number of carboxylic acids is 1. The smallest absolute Gasteiger partial charge is 0.308 e. The number of aliphatic carboxylic acids is 1. The minimum atomic E-state index is -0.907. The Bertz CT molecular complexity index is 499. The van der Waals surface area contributed by atoms with Gasteiger partial charge in [0.05, 0.1) is 5.92 Å². The molecular weight excluding hydrogens is 244 g/mol. The predicted molar refractivity (Wildman–Crippen MR) is 71.0 cm³/mol. The van der Waals surface area contributed by atoms with E-state index in [0.717, 1.165) is 25.1 Å². The average molecular weight is 262 g/mol. The van der Waals surface area contributed by atoms with Gasteiger partial charge in [0.2, 0.25) is 0 Å². The van der Waals surface area contributed by atoms with Crippen molar-refractivity contribution in [2.45, 2.75) is 19.9 Å². The molecule has 0 bridgehead atoms. The van der Waals surface area contributed by atoms with Crippen molar-refractivity contribution in [2.24, 2.45) is 5.92 Å². The third-order valence-electron chi connectivity index (χ3n) is 3.35. The number of fused-ring (bicyclic) bond motifs is 1. The molecule has 5 heteroatoms. The van der Waals surface area contributed by atoms with Crippen LogP contribution in [0.1, 0.15) is 28.4 Å². The number of nitrogens with one attached hydrogen (secondary N) is 2. The van der Waals surface area contributed by atoms with Crippen molar-refractivity contribution in [3.63, 3.8) is 0 Å². The highest BCUT2D eigenvalue weighted by Crippen LogP contribution is 2.15. The maximum absolute atomic E-state index is 11.9. The summed E-state index contributed by atoms with van der Waals surface area (Å²) in [6.07, 6.45) is 0.979. The molecule has 0 aromatic heterocycles. The summed E-state index contributed by atoms with van der Waals surface area (Å²) in [5.41, 5.74) is 3.00. The molecule has 0 spiro atoms. The van der Waals surface area contributed by atoms with E-state index in [-0.39, 0.29) is 12.5 Å². The predicted octanol–water partition coefficient (Wildman–Crippen LogP) is 0.783. The summed E-state index contributed by atoms with van der Waals surface area (Å²) in [7, 11) is 0. The molecule has 0 aliphatic carbocycles. The first-order chi connectivity index (χ1) is 9.08. The van der Waals surface area contributed by atoms with E-state index >= 15 is 0 Å². The molecule has 19 heavy (non-hydrogen) atoms. The number of carbonyl (C=O) groups is 2. The van der Waals surface area contributed by atoms with Gasteiger partial charge in [-0.25, -0.2) is 0 Å². The van der Waals surface area contributed by atoms with Crippen LogP contribution < -0.4 is 10.6 Å². The van der Waals surface area contributed by atoms with Crippen molar-refractivity contribution in [3.05, 3.63) is 34.9 Å². The Morgan fingerprint density at radius 3 is 2.95 bits per heavy atom. The maximum atomic E-state index is 11.9. The molecule has 1 unspecified atom stereocenters. The Balaban J connectivity index is 2.01. The van der Waals surface area contributed by atoms with Gasteiger partial charge >= 0.3 is 5.97 Å². The topological polar surface area (TPSA) is 78.4 Å². The van der Waals surface area contributed by atoms with Crippen LogP contribution in [-0.4, -0.2) is 30.1 Å². The molecular formula is C14H18N2O3. The fourth-order valence-corrected chi connectivity index (χ4v) is 2.06. The molecule has 1 amide bonds. The van der Waals surface area contributed by atoms with Gasteiger partial charge in [-0.05, 0) is 36.2 Å². The lowest BCUT2D eigenvalue weighted by molar-refractivity contribution is -0.140. The van der Waals surface area contributed by atoms with E-state index in [1.807, 2.05) is 12.1 Å². The second-order valence-corrected chi connectivity index (χ2v) is 4.86. The number of benzene rings is 1. The van der Waals surface area contributed by atoms with Crippen molar-refractivity contribution in [1.82, 2.24) is 10.6 Å². The van der Waals surface area contributed by atoms with Gasteiger partial charge < -0.3 is 15.7 Å². The molecule has 1 aliphatic heterocycles. The lowest BCUT2D eigenvalue weighted by atomic mass is 9.98. The van der Waals surface area contributed by atoms with Crippen molar-refractivity contribution in [3.8, 4) is 0 Å². The summed E-state index contributed by atoms with van der Waals surface area (Å²) in [5, 5.41) is 14.7. The molecule has 0 fully saturated rings. The largest absolute Gasteiger partial charge is 0.481 e. The van der Waals surface area contributed by atoms with Crippen LogP contribution in [0.5, 0.6) is 0 Å². The molecule has 1 atom stereocenters. The summed E-state index contributed by atoms with van der Waals surface area (Å²) in [6.45, 7) is 3.46. The third kappa shape index (κ3) is 3.32. The Morgan fingerprint density at radius 2 is 2.21 bits per heavy atom. The van der Waals surface area contributed by atoms with E-state index in [0.29, 0.717) is 5.56 Å². The molecule has 102 valence electrons. The van der Waals surface area contributed by atoms with Gasteiger partial charge in [-0.2, -0.15) is 0 Å². The van der Waals surface area contributed by atoms with Gasteiger partial charge in [-0.1, -0.05) is 13.0 Å². The highest BCUT2D eigenvalue weighted by molar-refractivity contribution is 5.94. The number of hydrogen-bond donors (Lipinski definition) is 3. The fraction of sp³-hybridized carbons (Fsp3) is 0.429. The average Bonchev–Trinajstić information content (AvgIpc) is 2.43. The van der Waals surface area contributed by atoms with Crippen LogP contribution in [-0.2, 0) is 17.8 Å². The van der Waals surface area contributed by atoms with Gasteiger partial charge in [-0.3, -0.25) is 9.59 Å². The summed E-state index contributed by atoms with van der Waals surface area (Å²) in [5.74, 6) is -1.71. The van der Waals surface area contributed by atoms with Crippen molar-refractivity contribution in [2.75, 3.05) is 13.1 Å². The third-order valence-corrected chi connectivity index (χ3v) is 3.35. The highest BCUT2D eigenvalue weighted by atomic mass is 16.4. The fourth-order valence-electron chi connectivity index (χ4n) is 2.06. The summed E-state index contributed by atoms with van der Waals surface area (Å²) < 4.78 is 0. The first-order valence-corrected chi connectivity index (χ1v) is 6.41. The van der Waals surface area contributed by atoms with Crippen LogP contribution in [0.3, 0.4) is 0 Å². The SMILES string of the molecule is CC(CNC(=O)c1ccc2c(c1)CNCC2)C(=O)O. The lowest BCUT2D eigenvalue weighted by Gasteiger charge is -2.17. The molecule has 1 aromatic carbocycles. The number of hydrogen-bond acceptors (Lipinski definition) is 3. The minimum absolute atomic E-state index is 0.142. The van der Waals surface area contributed by atoms with Crippen LogP contribution in [0, 0.1) is 5.92 Å². The molecule has 5 nitrogen and oxygen atoms in total. The molecule has 0 saturated heterocycles. The highest BCUT2D eigenvalue weighted by Gasteiger charge is 2.15. The Hall–Kier alpha value is -1.88. The van der Waals surface area contributed by atoms with Crippen LogP contribution in [0.15, 0.2) is 18.2 Å². The zero-order valence-electron chi connectivity index (χ0n) is 10.9. The normalized spacial score (nSPS) is 15.4. The molecule has 0 saturated carbocycles. The van der Waals surface area contributed by atoms with Gasteiger partial charge in [0.25, 0.3) is 5.91 Å². The van der Waals surface area contributed by atoms with Gasteiger partial charge in [0.1, 0.15) is 0 Å². The monoisotopic (exact) mass is 262 g/mol. The number of amides is 1. The van der Waals surface area contributed by atoms with Crippen molar-refractivity contribution >= 4 is 11.9 Å². The zero-order valence-corrected chi connectivity index (χ0v) is 10.9. The Labute approximate surface area is 112 Å². The quantitative estimate of drug-likeness (QED) is 0.749. The zero-order chi connectivity index (χ0) is 13.8. The number of carbonyl (C=O) groups excluding carboxylic acids is 1. The summed E-state index contributed by atoms with van der Waals surface area (Å²) in [6, 6.07) is 5.65. The van der Waals surface area contributed by atoms with E-state index in [1.165, 1.54) is 5.56 Å². The first-order valence-electron chi connectivity index (χ1n) is 6.41. The Kier molecular flexibility index (Phi) is 4.16. The van der Waals surface area contributed by atoms with Gasteiger partial charge in [0, 0.05) is 18.7 Å². The van der Waals surface area contributed by atoms with Crippen molar-refractivity contribution < 1.29 is 14.7 Å². The number of carboxylic acid groups (broad SMARTS) is 1. The molecule has 2 rings (SSSR count). The van der Waals surface area contributed by atoms with Crippen LogP contribution in [0.4, 0.5) is 0 Å². The standard InChI is InChI=1S/C14H18N2O3/c1-9(14(18)19)7-16-13(17)11-3-2-10-4-5-15-8-12(10)6-11/h2-3,6,9,15H,4-5,7-8H2,1H3,(H,16,17)(H,18,19). The molecule has 1 aliphatic rings. The van der Waals surface area contributed by atoms with Crippen LogP contribution >= 0.6 is 0 Å². The summed E-state index contributed by atoms with van der Waals surface area (Å²) >= 11 is 0. The van der Waals surface area contributed by atoms with Crippen LogP contribution in [0.25, 0.3) is 0 Å². The molecule has 3 N–H and O–H groups in total. The second kappa shape index (κ2) is 5.84. The lowest BCUT2D eigenvalue weighted by Crippen LogP contribution is -2.32. The van der Waals surface area contributed by atoms with E-state index in [2.05, 4.69) is 10.6 Å². The molecule has 1 heterocycles. The van der Waals surface area contributed by atoms with Crippen molar-refractivity contribution in [1.29, 1.82) is 0 Å². The minimum Gasteiger partial charge on any atom is -0.481 e. The van der Waals surface area contributed by atoms with E-state index in [9.17, 15) is 9.59 Å². The van der Waals surface area contributed by atoms with Crippen LogP contribution in [0.2, 0.25) is 0 Å². The van der Waals surface area contributed by atoms with Gasteiger partial charge in [-0.15, -0.1) is 0 Å². The first kappa shape index (κ1) is 13.5. The van der Waals surface area contributed by atoms with E-state index < -0.39 is 11.9 Å². The second-order valence-electron chi connectivity index (χ2n) is 4.86.